The van der Waals surface area contributed by atoms with Crippen molar-refractivity contribution in [3.8, 4) is 11.5 Å². The molecule has 0 radical (unpaired) electrons. The highest BCUT2D eigenvalue weighted by atomic mass is 16.7. The second-order valence-corrected chi connectivity index (χ2v) is 6.83. The first-order valence-electron chi connectivity index (χ1n) is 8.77. The molecule has 7 nitrogen and oxygen atoms in total. The van der Waals surface area contributed by atoms with Crippen LogP contribution in [-0.4, -0.2) is 18.3 Å². The number of para-hydroxylation sites is 1. The Morgan fingerprint density at radius 2 is 1.92 bits per heavy atom. The molecule has 0 aromatic heterocycles. The molecule has 3 heterocycles. The molecular formula is C19H18N2O5. The maximum Gasteiger partial charge on any atom is 0.278 e. The van der Waals surface area contributed by atoms with Gasteiger partial charge in [-0.1, -0.05) is 18.2 Å². The van der Waals surface area contributed by atoms with E-state index in [1.165, 1.54) is 6.07 Å². The summed E-state index contributed by atoms with van der Waals surface area (Å²) in [7, 11) is 0. The van der Waals surface area contributed by atoms with Crippen LogP contribution in [0, 0.1) is 16.0 Å². The highest BCUT2D eigenvalue weighted by Gasteiger charge is 2.42. The van der Waals surface area contributed by atoms with Crippen LogP contribution in [0.3, 0.4) is 0 Å². The molecule has 2 aromatic rings. The van der Waals surface area contributed by atoms with Crippen molar-refractivity contribution < 1.29 is 19.1 Å². The number of benzene rings is 2. The number of hydrogen-bond donors (Lipinski definition) is 1. The summed E-state index contributed by atoms with van der Waals surface area (Å²) in [6.45, 7) is 0.803. The van der Waals surface area contributed by atoms with Gasteiger partial charge in [-0.2, -0.15) is 0 Å². The molecule has 7 heteroatoms. The van der Waals surface area contributed by atoms with Crippen LogP contribution in [0.4, 0.5) is 11.4 Å². The predicted molar refractivity (Wildman–Crippen MR) is 93.4 cm³/mol. The Morgan fingerprint density at radius 1 is 1.12 bits per heavy atom. The highest BCUT2D eigenvalue weighted by Crippen LogP contribution is 2.52. The summed E-state index contributed by atoms with van der Waals surface area (Å²) in [6.07, 6.45) is 1.83. The van der Waals surface area contributed by atoms with Crippen LogP contribution in [0.1, 0.15) is 36.1 Å². The topological polar surface area (TPSA) is 82.9 Å². The average Bonchev–Trinajstić information content (AvgIpc) is 3.14. The lowest BCUT2D eigenvalue weighted by Crippen LogP contribution is -2.36. The highest BCUT2D eigenvalue weighted by molar-refractivity contribution is 5.62. The second-order valence-electron chi connectivity index (χ2n) is 6.83. The minimum atomic E-state index is -0.349. The molecule has 134 valence electrons. The monoisotopic (exact) mass is 354 g/mol. The lowest BCUT2D eigenvalue weighted by molar-refractivity contribution is -0.385. The number of nitro benzene ring substituents is 1. The molecular weight excluding hydrogens is 336 g/mol. The predicted octanol–water partition coefficient (Wildman–Crippen LogP) is 3.96. The number of rotatable bonds is 2. The van der Waals surface area contributed by atoms with E-state index in [9.17, 15) is 10.1 Å². The smallest absolute Gasteiger partial charge is 0.278 e. The largest absolute Gasteiger partial charge is 0.454 e. The molecule has 1 saturated heterocycles. The fraction of sp³-hybridized carbons (Fsp3) is 0.368. The third-order valence-electron chi connectivity index (χ3n) is 5.43. The molecule has 1 fully saturated rings. The summed E-state index contributed by atoms with van der Waals surface area (Å²) in [6, 6.07) is 11.0. The van der Waals surface area contributed by atoms with Gasteiger partial charge in [-0.15, -0.1) is 0 Å². The van der Waals surface area contributed by atoms with E-state index in [0.29, 0.717) is 23.7 Å². The van der Waals surface area contributed by atoms with Gasteiger partial charge in [0.15, 0.2) is 11.5 Å². The van der Waals surface area contributed by atoms with Crippen molar-refractivity contribution in [2.45, 2.75) is 25.0 Å². The standard InChI is InChI=1S/C19H18N2O5/c22-21(23)15-9-17-16(25-10-26-17)8-13(15)18-12-5-3-7-24-19(12)11-4-1-2-6-14(11)20-18/h1-2,4,6,8-9,12,18-20H,3,5,7,10H2/t12-,18-,19+/m0/s1. The van der Waals surface area contributed by atoms with Gasteiger partial charge in [0, 0.05) is 23.8 Å². The van der Waals surface area contributed by atoms with Gasteiger partial charge in [-0.05, 0) is 25.0 Å². The van der Waals surface area contributed by atoms with Crippen LogP contribution >= 0.6 is 0 Å². The van der Waals surface area contributed by atoms with E-state index in [2.05, 4.69) is 11.4 Å². The maximum absolute atomic E-state index is 11.7. The van der Waals surface area contributed by atoms with Gasteiger partial charge in [0.05, 0.1) is 28.7 Å². The van der Waals surface area contributed by atoms with Crippen molar-refractivity contribution in [3.05, 3.63) is 57.6 Å². The zero-order valence-electron chi connectivity index (χ0n) is 14.0. The Bertz CT molecular complexity index is 884. The first-order valence-corrected chi connectivity index (χ1v) is 8.77. The van der Waals surface area contributed by atoms with Gasteiger partial charge in [0.1, 0.15) is 0 Å². The molecule has 3 atom stereocenters. The Morgan fingerprint density at radius 3 is 2.77 bits per heavy atom. The van der Waals surface area contributed by atoms with Crippen molar-refractivity contribution >= 4 is 11.4 Å². The molecule has 3 aliphatic rings. The van der Waals surface area contributed by atoms with Crippen molar-refractivity contribution in [1.29, 1.82) is 0 Å². The number of nitrogens with one attached hydrogen (secondary N) is 1. The van der Waals surface area contributed by atoms with Crippen molar-refractivity contribution in [2.24, 2.45) is 5.92 Å². The Hall–Kier alpha value is -2.80. The van der Waals surface area contributed by atoms with E-state index in [4.69, 9.17) is 14.2 Å². The Balaban J connectivity index is 1.65. The van der Waals surface area contributed by atoms with Gasteiger partial charge in [-0.3, -0.25) is 10.1 Å². The summed E-state index contributed by atoms with van der Waals surface area (Å²) in [5.41, 5.74) is 2.76. The summed E-state index contributed by atoms with van der Waals surface area (Å²) in [5, 5.41) is 15.2. The number of hydrogen-bond acceptors (Lipinski definition) is 6. The zero-order chi connectivity index (χ0) is 17.7. The molecule has 1 N–H and O–H groups in total. The second kappa shape index (κ2) is 5.88. The number of ether oxygens (including phenoxy) is 3. The van der Waals surface area contributed by atoms with E-state index >= 15 is 0 Å². The minimum Gasteiger partial charge on any atom is -0.454 e. The molecule has 2 aromatic carbocycles. The molecule has 26 heavy (non-hydrogen) atoms. The Labute approximate surface area is 150 Å². The van der Waals surface area contributed by atoms with E-state index < -0.39 is 0 Å². The number of nitro groups is 1. The van der Waals surface area contributed by atoms with E-state index in [0.717, 1.165) is 24.1 Å². The van der Waals surface area contributed by atoms with Gasteiger partial charge >= 0.3 is 0 Å². The SMILES string of the molecule is O=[N+]([O-])c1cc2c(cc1[C@H]1Nc3ccccc3[C@H]3OCCC[C@@H]13)OCO2. The Kier molecular flexibility index (Phi) is 3.49. The molecule has 3 aliphatic heterocycles. The third kappa shape index (κ3) is 2.31. The molecule has 0 aliphatic carbocycles. The van der Waals surface area contributed by atoms with Gasteiger partial charge in [0.2, 0.25) is 6.79 Å². The first-order chi connectivity index (χ1) is 12.7. The number of fused-ring (bicyclic) bond motifs is 4. The maximum atomic E-state index is 11.7. The van der Waals surface area contributed by atoms with Crippen LogP contribution < -0.4 is 14.8 Å². The van der Waals surface area contributed by atoms with Gasteiger partial charge in [-0.25, -0.2) is 0 Å². The summed E-state index contributed by atoms with van der Waals surface area (Å²) in [4.78, 5) is 11.4. The first kappa shape index (κ1) is 15.5. The fourth-order valence-corrected chi connectivity index (χ4v) is 4.28. The van der Waals surface area contributed by atoms with Gasteiger partial charge < -0.3 is 19.5 Å². The summed E-state index contributed by atoms with van der Waals surface area (Å²) in [5.74, 6) is 1.10. The summed E-state index contributed by atoms with van der Waals surface area (Å²) >= 11 is 0. The zero-order valence-corrected chi connectivity index (χ0v) is 14.0. The quantitative estimate of drug-likeness (QED) is 0.649. The van der Waals surface area contributed by atoms with Crippen LogP contribution in [-0.2, 0) is 4.74 Å². The molecule has 0 saturated carbocycles. The van der Waals surface area contributed by atoms with Crippen molar-refractivity contribution in [1.82, 2.24) is 0 Å². The summed E-state index contributed by atoms with van der Waals surface area (Å²) < 4.78 is 16.9. The molecule has 0 amide bonds. The molecule has 5 rings (SSSR count). The molecule has 0 unspecified atom stereocenters. The number of nitrogens with zero attached hydrogens (tertiary/aromatic N) is 1. The minimum absolute atomic E-state index is 0.0513. The fourth-order valence-electron chi connectivity index (χ4n) is 4.28. The van der Waals surface area contributed by atoms with E-state index in [1.807, 2.05) is 18.2 Å². The molecule has 0 bridgehead atoms. The van der Waals surface area contributed by atoms with Crippen LogP contribution in [0.2, 0.25) is 0 Å². The lowest BCUT2D eigenvalue weighted by atomic mass is 9.77. The van der Waals surface area contributed by atoms with Crippen LogP contribution in [0.5, 0.6) is 11.5 Å². The van der Waals surface area contributed by atoms with E-state index in [1.54, 1.807) is 6.07 Å². The average molecular weight is 354 g/mol. The van der Waals surface area contributed by atoms with Crippen LogP contribution in [0.15, 0.2) is 36.4 Å². The third-order valence-corrected chi connectivity index (χ3v) is 5.43. The normalized spacial score (nSPS) is 25.8. The van der Waals surface area contributed by atoms with Crippen molar-refractivity contribution in [2.75, 3.05) is 18.7 Å². The van der Waals surface area contributed by atoms with Crippen LogP contribution in [0.25, 0.3) is 0 Å². The number of anilines is 1. The lowest BCUT2D eigenvalue weighted by Gasteiger charge is -2.43. The van der Waals surface area contributed by atoms with Crippen molar-refractivity contribution in [3.63, 3.8) is 0 Å². The molecule has 0 spiro atoms. The van der Waals surface area contributed by atoms with E-state index in [-0.39, 0.29) is 35.5 Å². The van der Waals surface area contributed by atoms with Gasteiger partial charge in [0.25, 0.3) is 5.69 Å².